The van der Waals surface area contributed by atoms with Crippen LogP contribution in [0.5, 0.6) is 0 Å². The lowest BCUT2D eigenvalue weighted by molar-refractivity contribution is 0.418. The molecule has 14 heavy (non-hydrogen) atoms. The van der Waals surface area contributed by atoms with Crippen molar-refractivity contribution in [1.29, 1.82) is 0 Å². The van der Waals surface area contributed by atoms with E-state index < -0.39 is 0 Å². The highest BCUT2D eigenvalue weighted by molar-refractivity contribution is 8.14. The van der Waals surface area contributed by atoms with Crippen LogP contribution < -0.4 is 0 Å². The Morgan fingerprint density at radius 1 is 1.21 bits per heavy atom. The van der Waals surface area contributed by atoms with Crippen LogP contribution in [0.1, 0.15) is 40.5 Å². The van der Waals surface area contributed by atoms with Crippen molar-refractivity contribution in [3.8, 4) is 0 Å². The lowest BCUT2D eigenvalue weighted by Crippen LogP contribution is -2.17. The number of rotatable bonds is 5. The van der Waals surface area contributed by atoms with Gasteiger partial charge in [-0.25, -0.2) is 0 Å². The third-order valence-corrected chi connectivity index (χ3v) is 3.90. The molecule has 2 heteroatoms. The monoisotopic (exact) mass is 213 g/mol. The number of hydrogen-bond acceptors (Lipinski definition) is 2. The fraction of sp³-hybridized carbons (Fsp3) is 0.917. The molecule has 0 aliphatic carbocycles. The number of nitrogens with zero attached hydrogens (tertiary/aromatic N) is 1. The Morgan fingerprint density at radius 2 is 1.93 bits per heavy atom. The molecule has 0 saturated carbocycles. The highest BCUT2D eigenvalue weighted by Gasteiger charge is 2.22. The van der Waals surface area contributed by atoms with Gasteiger partial charge in [0.05, 0.1) is 5.04 Å². The second-order valence-corrected chi connectivity index (χ2v) is 6.01. The second-order valence-electron chi connectivity index (χ2n) is 4.89. The molecule has 0 N–H and O–H groups in total. The first-order chi connectivity index (χ1) is 6.61. The summed E-state index contributed by atoms with van der Waals surface area (Å²) in [4.78, 5) is 4.61. The van der Waals surface area contributed by atoms with Crippen molar-refractivity contribution in [3.63, 3.8) is 0 Å². The van der Waals surface area contributed by atoms with Gasteiger partial charge in [-0.15, -0.1) is 11.8 Å². The summed E-state index contributed by atoms with van der Waals surface area (Å²) in [6, 6.07) is 0. The molecule has 1 unspecified atom stereocenters. The first-order valence-electron chi connectivity index (χ1n) is 5.78. The Labute approximate surface area is 92.8 Å². The van der Waals surface area contributed by atoms with E-state index in [0.717, 1.165) is 24.3 Å². The Hall–Kier alpha value is 0.0200. The number of hydrogen-bond donors (Lipinski definition) is 0. The third kappa shape index (κ3) is 3.64. The average Bonchev–Trinajstić information content (AvgIpc) is 2.56. The molecule has 0 fully saturated rings. The number of thioether (sulfide) groups is 1. The van der Waals surface area contributed by atoms with Crippen LogP contribution in [0.25, 0.3) is 0 Å². The van der Waals surface area contributed by atoms with Gasteiger partial charge in [0.25, 0.3) is 0 Å². The summed E-state index contributed by atoms with van der Waals surface area (Å²) in [5.41, 5.74) is 0. The fourth-order valence-corrected chi connectivity index (χ4v) is 3.01. The van der Waals surface area contributed by atoms with Crippen molar-refractivity contribution in [2.45, 2.75) is 40.5 Å². The van der Waals surface area contributed by atoms with E-state index in [2.05, 4.69) is 32.7 Å². The molecule has 0 saturated heterocycles. The summed E-state index contributed by atoms with van der Waals surface area (Å²) in [5, 5.41) is 1.43. The minimum Gasteiger partial charge on any atom is -0.282 e. The van der Waals surface area contributed by atoms with Crippen molar-refractivity contribution >= 4 is 16.8 Å². The average molecular weight is 213 g/mol. The Bertz CT molecular complexity index is 196. The molecule has 1 heterocycles. The quantitative estimate of drug-likeness (QED) is 0.676. The Balaban J connectivity index is 2.46. The van der Waals surface area contributed by atoms with Gasteiger partial charge in [-0.2, -0.15) is 0 Å². The highest BCUT2D eigenvalue weighted by Crippen LogP contribution is 2.29. The lowest BCUT2D eigenvalue weighted by atomic mass is 9.89. The molecule has 1 atom stereocenters. The smallest absolute Gasteiger partial charge is 0.0710 e. The first-order valence-corrected chi connectivity index (χ1v) is 6.77. The van der Waals surface area contributed by atoms with Crippen LogP contribution in [0.15, 0.2) is 4.99 Å². The maximum absolute atomic E-state index is 4.61. The summed E-state index contributed by atoms with van der Waals surface area (Å²) < 4.78 is 0. The van der Waals surface area contributed by atoms with E-state index in [1.807, 2.05) is 11.8 Å². The van der Waals surface area contributed by atoms with Gasteiger partial charge < -0.3 is 0 Å². The van der Waals surface area contributed by atoms with Crippen LogP contribution in [-0.4, -0.2) is 17.3 Å². The van der Waals surface area contributed by atoms with E-state index in [0.29, 0.717) is 0 Å². The van der Waals surface area contributed by atoms with E-state index in [4.69, 9.17) is 0 Å². The molecular weight excluding hydrogens is 190 g/mol. The SMILES string of the molecule is CC(C)CCC(C1=NCCS1)C(C)C. The maximum atomic E-state index is 4.61. The van der Waals surface area contributed by atoms with Crippen LogP contribution >= 0.6 is 11.8 Å². The first kappa shape index (κ1) is 12.1. The van der Waals surface area contributed by atoms with Crippen molar-refractivity contribution in [2.75, 3.05) is 12.3 Å². The van der Waals surface area contributed by atoms with Gasteiger partial charge in [-0.05, 0) is 18.3 Å². The van der Waals surface area contributed by atoms with E-state index in [9.17, 15) is 0 Å². The predicted molar refractivity (Wildman–Crippen MR) is 67.2 cm³/mol. The summed E-state index contributed by atoms with van der Waals surface area (Å²) in [6.45, 7) is 10.3. The molecule has 0 aromatic carbocycles. The van der Waals surface area contributed by atoms with Crippen LogP contribution in [0.4, 0.5) is 0 Å². The highest BCUT2D eigenvalue weighted by atomic mass is 32.2. The molecule has 1 aliphatic rings. The van der Waals surface area contributed by atoms with Crippen LogP contribution in [0.2, 0.25) is 0 Å². The van der Waals surface area contributed by atoms with Crippen LogP contribution in [-0.2, 0) is 0 Å². The van der Waals surface area contributed by atoms with Gasteiger partial charge in [0.2, 0.25) is 0 Å². The van der Waals surface area contributed by atoms with Gasteiger partial charge in [0, 0.05) is 18.2 Å². The summed E-state index contributed by atoms with van der Waals surface area (Å²) in [6.07, 6.45) is 2.66. The normalized spacial score (nSPS) is 19.1. The van der Waals surface area contributed by atoms with E-state index in [-0.39, 0.29) is 0 Å². The van der Waals surface area contributed by atoms with E-state index >= 15 is 0 Å². The molecule has 0 radical (unpaired) electrons. The predicted octanol–water partition coefficient (Wildman–Crippen LogP) is 3.84. The summed E-state index contributed by atoms with van der Waals surface area (Å²) in [5.74, 6) is 3.51. The molecule has 0 aromatic heterocycles. The second kappa shape index (κ2) is 5.79. The molecule has 82 valence electrons. The summed E-state index contributed by atoms with van der Waals surface area (Å²) >= 11 is 1.98. The van der Waals surface area contributed by atoms with E-state index in [1.165, 1.54) is 23.6 Å². The molecule has 1 nitrogen and oxygen atoms in total. The van der Waals surface area contributed by atoms with Gasteiger partial charge in [0.1, 0.15) is 0 Å². The minimum atomic E-state index is 0.727. The zero-order valence-corrected chi connectivity index (χ0v) is 10.7. The molecule has 0 bridgehead atoms. The van der Waals surface area contributed by atoms with Crippen molar-refractivity contribution in [1.82, 2.24) is 0 Å². The summed E-state index contributed by atoms with van der Waals surface area (Å²) in [7, 11) is 0. The standard InChI is InChI=1S/C12H23NS/c1-9(2)5-6-11(10(3)4)12-13-7-8-14-12/h9-11H,5-8H2,1-4H3. The molecular formula is C12H23NS. The lowest BCUT2D eigenvalue weighted by Gasteiger charge is -2.21. The molecule has 0 amide bonds. The minimum absolute atomic E-state index is 0.727. The van der Waals surface area contributed by atoms with Gasteiger partial charge in [-0.3, -0.25) is 4.99 Å². The zero-order valence-electron chi connectivity index (χ0n) is 9.92. The zero-order chi connectivity index (χ0) is 10.6. The topological polar surface area (TPSA) is 12.4 Å². The third-order valence-electron chi connectivity index (χ3n) is 2.79. The van der Waals surface area contributed by atoms with Gasteiger partial charge in [0.15, 0.2) is 0 Å². The molecule has 1 rings (SSSR count). The maximum Gasteiger partial charge on any atom is 0.0710 e. The van der Waals surface area contributed by atoms with Gasteiger partial charge >= 0.3 is 0 Å². The van der Waals surface area contributed by atoms with Crippen LogP contribution in [0, 0.1) is 17.8 Å². The molecule has 0 aromatic rings. The Kier molecular flexibility index (Phi) is 5.00. The number of aliphatic imine (C=N–C) groups is 1. The van der Waals surface area contributed by atoms with Gasteiger partial charge in [-0.1, -0.05) is 34.1 Å². The fourth-order valence-electron chi connectivity index (χ4n) is 1.83. The molecule has 0 spiro atoms. The van der Waals surface area contributed by atoms with E-state index in [1.54, 1.807) is 0 Å². The Morgan fingerprint density at radius 3 is 2.36 bits per heavy atom. The van der Waals surface area contributed by atoms with Crippen molar-refractivity contribution in [3.05, 3.63) is 0 Å². The van der Waals surface area contributed by atoms with Crippen molar-refractivity contribution in [2.24, 2.45) is 22.7 Å². The molecule has 1 aliphatic heterocycles. The largest absolute Gasteiger partial charge is 0.282 e. The van der Waals surface area contributed by atoms with Crippen molar-refractivity contribution < 1.29 is 0 Å². The van der Waals surface area contributed by atoms with Crippen LogP contribution in [0.3, 0.4) is 0 Å².